The molecule has 50 heavy (non-hydrogen) atoms. The lowest BCUT2D eigenvalue weighted by atomic mass is 10.1. The second-order valence-electron chi connectivity index (χ2n) is 12.1. The number of benzene rings is 3. The molecule has 0 saturated carbocycles. The number of rotatable bonds is 15. The van der Waals surface area contributed by atoms with Gasteiger partial charge in [0.15, 0.2) is 11.5 Å². The van der Waals surface area contributed by atoms with Crippen LogP contribution in [0.25, 0.3) is 0 Å². The van der Waals surface area contributed by atoms with Crippen LogP contribution < -0.4 is 33.9 Å². The van der Waals surface area contributed by atoms with Crippen LogP contribution in [0.1, 0.15) is 30.9 Å². The van der Waals surface area contributed by atoms with Crippen LogP contribution >= 0.6 is 0 Å². The molecule has 2 heterocycles. The number of methoxy groups -OCH3 is 3. The fourth-order valence-electron chi connectivity index (χ4n) is 5.93. The minimum Gasteiger partial charge on any atom is -0.497 e. The number of anilines is 4. The quantitative estimate of drug-likeness (QED) is 0.131. The Bertz CT molecular complexity index is 1710. The topological polar surface area (TPSA) is 111 Å². The van der Waals surface area contributed by atoms with E-state index in [1.165, 1.54) is 25.0 Å². The molecular formula is C38H48N6O6. The smallest absolute Gasteiger partial charge is 0.425 e. The molecule has 0 bridgehead atoms. The van der Waals surface area contributed by atoms with Gasteiger partial charge >= 0.3 is 6.09 Å². The number of hydrogen-bond donors (Lipinski definition) is 1. The van der Waals surface area contributed by atoms with Crippen molar-refractivity contribution >= 4 is 29.2 Å². The van der Waals surface area contributed by atoms with E-state index in [4.69, 9.17) is 28.7 Å². The highest BCUT2D eigenvalue weighted by Gasteiger charge is 2.27. The summed E-state index contributed by atoms with van der Waals surface area (Å²) in [7, 11) is 4.70. The van der Waals surface area contributed by atoms with Crippen LogP contribution in [0, 0.1) is 13.8 Å². The number of carbonyl (C=O) groups excluding carboxylic acids is 1. The van der Waals surface area contributed by atoms with Gasteiger partial charge in [0.1, 0.15) is 23.1 Å². The number of piperazine rings is 1. The van der Waals surface area contributed by atoms with E-state index in [1.54, 1.807) is 44.7 Å². The van der Waals surface area contributed by atoms with Crippen molar-refractivity contribution < 1.29 is 28.5 Å². The van der Waals surface area contributed by atoms with Gasteiger partial charge in [-0.25, -0.2) is 14.7 Å². The summed E-state index contributed by atoms with van der Waals surface area (Å²) in [5.41, 5.74) is 2.75. The summed E-state index contributed by atoms with van der Waals surface area (Å²) in [6, 6.07) is 18.0. The second-order valence-corrected chi connectivity index (χ2v) is 12.1. The molecule has 1 fully saturated rings. The fourth-order valence-corrected chi connectivity index (χ4v) is 5.93. The summed E-state index contributed by atoms with van der Waals surface area (Å²) >= 11 is 0. The lowest BCUT2D eigenvalue weighted by Gasteiger charge is -2.34. The van der Waals surface area contributed by atoms with Crippen molar-refractivity contribution in [2.24, 2.45) is 0 Å². The van der Waals surface area contributed by atoms with E-state index in [0.717, 1.165) is 50.3 Å². The van der Waals surface area contributed by atoms with Crippen LogP contribution in [0.15, 0.2) is 66.9 Å². The number of amides is 1. The van der Waals surface area contributed by atoms with Crippen molar-refractivity contribution in [2.45, 2.75) is 33.6 Å². The van der Waals surface area contributed by atoms with Gasteiger partial charge < -0.3 is 38.8 Å². The van der Waals surface area contributed by atoms with Gasteiger partial charge in [-0.2, -0.15) is 4.98 Å². The van der Waals surface area contributed by atoms with E-state index in [2.05, 4.69) is 27.0 Å². The Morgan fingerprint density at radius 2 is 1.56 bits per heavy atom. The van der Waals surface area contributed by atoms with Gasteiger partial charge in [-0.05, 0) is 68.6 Å². The van der Waals surface area contributed by atoms with E-state index < -0.39 is 6.09 Å². The van der Waals surface area contributed by atoms with Gasteiger partial charge in [-0.15, -0.1) is 0 Å². The van der Waals surface area contributed by atoms with E-state index in [1.807, 2.05) is 50.2 Å². The molecule has 266 valence electrons. The normalized spacial score (nSPS) is 13.4. The van der Waals surface area contributed by atoms with Gasteiger partial charge in [0.25, 0.3) is 0 Å². The summed E-state index contributed by atoms with van der Waals surface area (Å²) in [5.74, 6) is 3.21. The predicted octanol–water partition coefficient (Wildman–Crippen LogP) is 7.00. The Labute approximate surface area is 294 Å². The van der Waals surface area contributed by atoms with Gasteiger partial charge in [0.2, 0.25) is 5.95 Å². The first-order chi connectivity index (χ1) is 24.3. The molecule has 0 aliphatic carbocycles. The van der Waals surface area contributed by atoms with Crippen molar-refractivity contribution in [1.29, 1.82) is 0 Å². The third kappa shape index (κ3) is 9.13. The predicted molar refractivity (Wildman–Crippen MR) is 195 cm³/mol. The lowest BCUT2D eigenvalue weighted by Crippen LogP contribution is -2.46. The molecule has 0 unspecified atom stereocenters. The third-order valence-corrected chi connectivity index (χ3v) is 8.58. The van der Waals surface area contributed by atoms with Crippen LogP contribution in [-0.2, 0) is 0 Å². The highest BCUT2D eigenvalue weighted by Crippen LogP contribution is 2.38. The fraction of sp³-hybridized carbons (Fsp3) is 0.395. The average molecular weight is 685 g/mol. The van der Waals surface area contributed by atoms with Crippen LogP contribution in [0.2, 0.25) is 0 Å². The highest BCUT2D eigenvalue weighted by atomic mass is 16.6. The zero-order valence-electron chi connectivity index (χ0n) is 29.9. The Morgan fingerprint density at radius 1 is 0.840 bits per heavy atom. The molecule has 5 rings (SSSR count). The van der Waals surface area contributed by atoms with E-state index in [0.29, 0.717) is 46.7 Å². The minimum atomic E-state index is -0.669. The van der Waals surface area contributed by atoms with Crippen molar-refractivity contribution in [3.63, 3.8) is 0 Å². The van der Waals surface area contributed by atoms with Crippen molar-refractivity contribution in [3.05, 3.63) is 78.0 Å². The van der Waals surface area contributed by atoms with E-state index in [9.17, 15) is 4.79 Å². The largest absolute Gasteiger partial charge is 0.497 e. The van der Waals surface area contributed by atoms with Crippen LogP contribution in [0.3, 0.4) is 0 Å². The second kappa shape index (κ2) is 17.5. The first kappa shape index (κ1) is 36.2. The molecule has 1 N–H and O–H groups in total. The molecule has 1 amide bonds. The molecule has 1 aliphatic heterocycles. The monoisotopic (exact) mass is 684 g/mol. The van der Waals surface area contributed by atoms with Crippen molar-refractivity contribution in [1.82, 2.24) is 19.8 Å². The number of carbonyl (C=O) groups is 1. The van der Waals surface area contributed by atoms with E-state index in [-0.39, 0.29) is 11.8 Å². The first-order valence-electron chi connectivity index (χ1n) is 17.0. The van der Waals surface area contributed by atoms with Crippen LogP contribution in [0.4, 0.5) is 27.9 Å². The van der Waals surface area contributed by atoms with Gasteiger partial charge in [-0.3, -0.25) is 0 Å². The number of ether oxygens (including phenoxy) is 5. The Balaban J connectivity index is 1.31. The molecule has 1 aliphatic rings. The summed E-state index contributed by atoms with van der Waals surface area (Å²) < 4.78 is 28.8. The number of aryl methyl sites for hydroxylation is 2. The molecule has 12 heteroatoms. The maximum Gasteiger partial charge on any atom is 0.425 e. The zero-order valence-corrected chi connectivity index (χ0v) is 29.9. The SMILES string of the molecule is CCCN1CCN(CCCOc2ccc(Nc3nccc(N(C(=O)Oc4c(C)cccc4C)c4ccc(OC)cc4OC)n3)cc2OC)CC1. The lowest BCUT2D eigenvalue weighted by molar-refractivity contribution is 0.126. The van der Waals surface area contributed by atoms with Crippen molar-refractivity contribution in [3.8, 4) is 28.7 Å². The van der Waals surface area contributed by atoms with Gasteiger partial charge in [-0.1, -0.05) is 25.1 Å². The maximum absolute atomic E-state index is 14.0. The zero-order chi connectivity index (χ0) is 35.5. The molecule has 0 spiro atoms. The first-order valence-corrected chi connectivity index (χ1v) is 17.0. The molecule has 4 aromatic rings. The summed E-state index contributed by atoms with van der Waals surface area (Å²) in [6.45, 7) is 13.3. The number of aromatic nitrogens is 2. The van der Waals surface area contributed by atoms with E-state index >= 15 is 0 Å². The Morgan fingerprint density at radius 3 is 2.24 bits per heavy atom. The molecule has 12 nitrogen and oxygen atoms in total. The Kier molecular flexibility index (Phi) is 12.7. The van der Waals surface area contributed by atoms with Crippen LogP contribution in [-0.4, -0.2) is 93.1 Å². The van der Waals surface area contributed by atoms with Gasteiger partial charge in [0, 0.05) is 62.8 Å². The minimum absolute atomic E-state index is 0.259. The molecule has 3 aromatic carbocycles. The standard InChI is InChI=1S/C38H48N6O6/c1-7-18-42-20-22-43(23-21-42)19-9-24-49-32-15-12-29(25-34(32)48-6)40-37-39-17-16-35(41-37)44(31-14-13-30(46-4)26-33(31)47-5)38(45)50-36-27(2)10-8-11-28(36)3/h8,10-17,25-26H,7,9,18-24H2,1-6H3,(H,39,40,41). The van der Waals surface area contributed by atoms with Crippen molar-refractivity contribution in [2.75, 3.05) is 77.4 Å². The number of hydrogen-bond acceptors (Lipinski definition) is 11. The summed E-state index contributed by atoms with van der Waals surface area (Å²) in [5, 5.41) is 3.23. The highest BCUT2D eigenvalue weighted by molar-refractivity contribution is 5.98. The summed E-state index contributed by atoms with van der Waals surface area (Å²) in [6.07, 6.45) is 3.03. The molecule has 1 saturated heterocycles. The molecule has 0 radical (unpaired) electrons. The third-order valence-electron chi connectivity index (χ3n) is 8.58. The number of nitrogens with one attached hydrogen (secondary N) is 1. The Hall–Kier alpha value is -5.07. The molecule has 0 atom stereocenters. The average Bonchev–Trinajstić information content (AvgIpc) is 3.13. The number of para-hydroxylation sites is 1. The van der Waals surface area contributed by atoms with Crippen LogP contribution in [0.5, 0.6) is 28.7 Å². The molecular weight excluding hydrogens is 636 g/mol. The number of nitrogens with zero attached hydrogens (tertiary/aromatic N) is 5. The molecule has 1 aromatic heterocycles. The van der Waals surface area contributed by atoms with Gasteiger partial charge in [0.05, 0.1) is 33.6 Å². The summed E-state index contributed by atoms with van der Waals surface area (Å²) in [4.78, 5) is 29.5. The maximum atomic E-state index is 14.0.